The summed E-state index contributed by atoms with van der Waals surface area (Å²) in [5.74, 6) is -0.552. The summed E-state index contributed by atoms with van der Waals surface area (Å²) < 4.78 is 8.75. The molecule has 7 heteroatoms. The Morgan fingerprint density at radius 2 is 2.20 bits per heavy atom. The number of amides is 1. The van der Waals surface area contributed by atoms with Gasteiger partial charge in [0.05, 0.1) is 17.9 Å². The van der Waals surface area contributed by atoms with E-state index < -0.39 is 11.8 Å². The summed E-state index contributed by atoms with van der Waals surface area (Å²) in [4.78, 5) is 31.2. The molecule has 1 amide bonds. The Morgan fingerprint density at radius 3 is 3.00 bits per heavy atom. The number of oxazole rings is 1. The number of hydrogen-bond acceptors (Lipinski definition) is 4. The molecule has 0 N–H and O–H groups in total. The Bertz CT molecular complexity index is 941. The van der Waals surface area contributed by atoms with Crippen molar-refractivity contribution in [2.24, 2.45) is 0 Å². The van der Waals surface area contributed by atoms with E-state index in [2.05, 4.69) is 4.98 Å². The molecule has 4 rings (SSSR count). The molecule has 130 valence electrons. The number of carbonyl (C=O) groups is 1. The smallest absolute Gasteiger partial charge is 0.408 e. The number of benzene rings is 1. The fraction of sp³-hybridized carbons (Fsp3) is 0.389. The van der Waals surface area contributed by atoms with E-state index in [0.717, 1.165) is 12.8 Å². The lowest BCUT2D eigenvalue weighted by Gasteiger charge is -2.34. The number of fused-ring (bicyclic) bond motifs is 1. The summed E-state index contributed by atoms with van der Waals surface area (Å²) in [6, 6.07) is 6.81. The van der Waals surface area contributed by atoms with Crippen LogP contribution in [-0.4, -0.2) is 38.0 Å². The SMILES string of the molecule is C[C@H](C(=O)N1CCC[C@H](n2ccnc2)C1)n1c(=O)oc2ccccc21. The third kappa shape index (κ3) is 2.75. The van der Waals surface area contributed by atoms with E-state index in [4.69, 9.17) is 4.42 Å². The summed E-state index contributed by atoms with van der Waals surface area (Å²) >= 11 is 0. The van der Waals surface area contributed by atoms with Crippen LogP contribution >= 0.6 is 0 Å². The molecule has 0 bridgehead atoms. The second-order valence-corrected chi connectivity index (χ2v) is 6.47. The molecule has 0 aliphatic carbocycles. The molecule has 25 heavy (non-hydrogen) atoms. The van der Waals surface area contributed by atoms with Crippen LogP contribution in [0.3, 0.4) is 0 Å². The number of rotatable bonds is 3. The van der Waals surface area contributed by atoms with Gasteiger partial charge < -0.3 is 13.9 Å². The van der Waals surface area contributed by atoms with Crippen LogP contribution in [0, 0.1) is 0 Å². The fourth-order valence-corrected chi connectivity index (χ4v) is 3.61. The maximum Gasteiger partial charge on any atom is 0.420 e. The lowest BCUT2D eigenvalue weighted by molar-refractivity contribution is -0.136. The predicted octanol–water partition coefficient (Wildman–Crippen LogP) is 2.22. The van der Waals surface area contributed by atoms with E-state index >= 15 is 0 Å². The van der Waals surface area contributed by atoms with Crippen LogP contribution in [0.1, 0.15) is 31.8 Å². The van der Waals surface area contributed by atoms with Crippen LogP contribution in [-0.2, 0) is 4.79 Å². The molecule has 1 fully saturated rings. The molecule has 0 spiro atoms. The first-order valence-corrected chi connectivity index (χ1v) is 8.51. The van der Waals surface area contributed by atoms with Gasteiger partial charge in [-0.25, -0.2) is 9.78 Å². The molecule has 7 nitrogen and oxygen atoms in total. The molecule has 2 atom stereocenters. The number of carbonyl (C=O) groups excluding carboxylic acids is 1. The van der Waals surface area contributed by atoms with Crippen molar-refractivity contribution in [3.05, 3.63) is 53.5 Å². The highest BCUT2D eigenvalue weighted by molar-refractivity contribution is 5.83. The van der Waals surface area contributed by atoms with Gasteiger partial charge in [-0.2, -0.15) is 0 Å². The number of para-hydroxylation sites is 2. The molecule has 1 aromatic carbocycles. The van der Waals surface area contributed by atoms with Gasteiger partial charge >= 0.3 is 5.76 Å². The predicted molar refractivity (Wildman–Crippen MR) is 92.3 cm³/mol. The van der Waals surface area contributed by atoms with Gasteiger partial charge in [-0.05, 0) is 31.9 Å². The summed E-state index contributed by atoms with van der Waals surface area (Å²) in [7, 11) is 0. The van der Waals surface area contributed by atoms with Gasteiger partial charge in [0.25, 0.3) is 0 Å². The normalized spacial score (nSPS) is 19.2. The van der Waals surface area contributed by atoms with Gasteiger partial charge in [-0.1, -0.05) is 12.1 Å². The van der Waals surface area contributed by atoms with E-state index in [9.17, 15) is 9.59 Å². The Hall–Kier alpha value is -2.83. The van der Waals surface area contributed by atoms with Crippen LogP contribution < -0.4 is 5.76 Å². The van der Waals surface area contributed by atoms with Crippen molar-refractivity contribution in [3.8, 4) is 0 Å². The monoisotopic (exact) mass is 340 g/mol. The Balaban J connectivity index is 1.59. The van der Waals surface area contributed by atoms with Crippen molar-refractivity contribution in [2.45, 2.75) is 31.8 Å². The zero-order chi connectivity index (χ0) is 17.4. The highest BCUT2D eigenvalue weighted by Crippen LogP contribution is 2.24. The Labute approximate surface area is 144 Å². The van der Waals surface area contributed by atoms with E-state index in [1.165, 1.54) is 4.57 Å². The highest BCUT2D eigenvalue weighted by Gasteiger charge is 2.30. The quantitative estimate of drug-likeness (QED) is 0.733. The first kappa shape index (κ1) is 15.7. The lowest BCUT2D eigenvalue weighted by atomic mass is 10.0. The van der Waals surface area contributed by atoms with Crippen molar-refractivity contribution < 1.29 is 9.21 Å². The molecule has 1 aliphatic heterocycles. The largest absolute Gasteiger partial charge is 0.420 e. The minimum Gasteiger partial charge on any atom is -0.408 e. The molecule has 0 unspecified atom stereocenters. The number of hydrogen-bond donors (Lipinski definition) is 0. The van der Waals surface area contributed by atoms with E-state index in [1.807, 2.05) is 27.8 Å². The average molecular weight is 340 g/mol. The van der Waals surface area contributed by atoms with Gasteiger partial charge in [0.15, 0.2) is 5.58 Å². The standard InChI is InChI=1S/C18H20N4O3/c1-13(22-15-6-2-3-7-16(15)25-18(22)24)17(23)20-9-4-5-14(11-20)21-10-8-19-12-21/h2-3,6-8,10,12-14H,4-5,9,11H2,1H3/t13-,14+/m1/s1. The van der Waals surface area contributed by atoms with E-state index in [-0.39, 0.29) is 11.9 Å². The Morgan fingerprint density at radius 1 is 1.36 bits per heavy atom. The van der Waals surface area contributed by atoms with E-state index in [0.29, 0.717) is 24.2 Å². The summed E-state index contributed by atoms with van der Waals surface area (Å²) in [5.41, 5.74) is 1.15. The first-order valence-electron chi connectivity index (χ1n) is 8.51. The third-order valence-corrected chi connectivity index (χ3v) is 4.92. The average Bonchev–Trinajstić information content (AvgIpc) is 3.27. The first-order chi connectivity index (χ1) is 12.1. The lowest BCUT2D eigenvalue weighted by Crippen LogP contribution is -2.44. The summed E-state index contributed by atoms with van der Waals surface area (Å²) in [5, 5.41) is 0. The number of likely N-dealkylation sites (tertiary alicyclic amines) is 1. The second-order valence-electron chi connectivity index (χ2n) is 6.47. The molecular weight excluding hydrogens is 320 g/mol. The number of aromatic nitrogens is 3. The fourth-order valence-electron chi connectivity index (χ4n) is 3.61. The van der Waals surface area contributed by atoms with Gasteiger partial charge in [-0.15, -0.1) is 0 Å². The minimum atomic E-state index is -0.599. The molecule has 2 aromatic heterocycles. The van der Waals surface area contributed by atoms with Crippen LogP contribution in [0.25, 0.3) is 11.1 Å². The highest BCUT2D eigenvalue weighted by atomic mass is 16.4. The number of nitrogens with zero attached hydrogens (tertiary/aromatic N) is 4. The maximum atomic E-state index is 13.0. The van der Waals surface area contributed by atoms with Crippen molar-refractivity contribution in [3.63, 3.8) is 0 Å². The van der Waals surface area contributed by atoms with Crippen molar-refractivity contribution >= 4 is 17.0 Å². The summed E-state index contributed by atoms with van der Waals surface area (Å²) in [6.45, 7) is 3.09. The number of imidazole rings is 1. The minimum absolute atomic E-state index is 0.0570. The maximum absolute atomic E-state index is 13.0. The molecule has 3 heterocycles. The molecule has 0 radical (unpaired) electrons. The molecule has 3 aromatic rings. The topological polar surface area (TPSA) is 73.3 Å². The van der Waals surface area contributed by atoms with Crippen molar-refractivity contribution in [2.75, 3.05) is 13.1 Å². The molecule has 0 saturated carbocycles. The number of piperidine rings is 1. The summed E-state index contributed by atoms with van der Waals surface area (Å²) in [6.07, 6.45) is 7.41. The van der Waals surface area contributed by atoms with Gasteiger partial charge in [0, 0.05) is 25.5 Å². The van der Waals surface area contributed by atoms with Crippen LogP contribution in [0.2, 0.25) is 0 Å². The Kier molecular flexibility index (Phi) is 3.91. The van der Waals surface area contributed by atoms with Gasteiger partial charge in [0.1, 0.15) is 6.04 Å². The van der Waals surface area contributed by atoms with Crippen molar-refractivity contribution in [1.29, 1.82) is 0 Å². The van der Waals surface area contributed by atoms with Crippen LogP contribution in [0.5, 0.6) is 0 Å². The second kappa shape index (κ2) is 6.23. The van der Waals surface area contributed by atoms with Crippen molar-refractivity contribution in [1.82, 2.24) is 19.0 Å². The van der Waals surface area contributed by atoms with Crippen LogP contribution in [0.4, 0.5) is 0 Å². The zero-order valence-corrected chi connectivity index (χ0v) is 14.0. The van der Waals surface area contributed by atoms with Crippen LogP contribution in [0.15, 0.2) is 52.2 Å². The van der Waals surface area contributed by atoms with Gasteiger partial charge in [-0.3, -0.25) is 9.36 Å². The van der Waals surface area contributed by atoms with E-state index in [1.54, 1.807) is 31.6 Å². The molecule has 1 saturated heterocycles. The van der Waals surface area contributed by atoms with Gasteiger partial charge in [0.2, 0.25) is 5.91 Å². The third-order valence-electron chi connectivity index (χ3n) is 4.92. The molecular formula is C18H20N4O3. The zero-order valence-electron chi connectivity index (χ0n) is 14.0. The molecule has 1 aliphatic rings.